The zero-order valence-electron chi connectivity index (χ0n) is 8.10. The molecule has 0 saturated carbocycles. The van der Waals surface area contributed by atoms with E-state index in [1.54, 1.807) is 3.22 Å². The molecule has 0 aliphatic rings. The fourth-order valence-corrected chi connectivity index (χ4v) is 1.75. The third-order valence-electron chi connectivity index (χ3n) is 2.20. The summed E-state index contributed by atoms with van der Waals surface area (Å²) >= 11 is 2.06. The minimum absolute atomic E-state index is 0.997. The van der Waals surface area contributed by atoms with E-state index in [4.69, 9.17) is 5.84 Å². The van der Waals surface area contributed by atoms with Crippen molar-refractivity contribution in [3.8, 4) is 11.1 Å². The van der Waals surface area contributed by atoms with Crippen LogP contribution in [-0.2, 0) is 0 Å². The second-order valence-electron chi connectivity index (χ2n) is 3.23. The second kappa shape index (κ2) is 4.63. The Bertz CT molecular complexity index is 440. The van der Waals surface area contributed by atoms with Gasteiger partial charge in [0.25, 0.3) is 0 Å². The standard InChI is InChI=1S/C12H11IN2/c13-15(14)12-8-4-7-11(9-12)10-5-2-1-3-6-10/h1-9H,14H2. The fraction of sp³-hybridized carbons (Fsp3) is 0. The van der Waals surface area contributed by atoms with Crippen LogP contribution in [0.25, 0.3) is 11.1 Å². The number of benzene rings is 2. The maximum Gasteiger partial charge on any atom is 0.0765 e. The van der Waals surface area contributed by atoms with Gasteiger partial charge >= 0.3 is 0 Å². The molecule has 3 heteroatoms. The predicted molar refractivity (Wildman–Crippen MR) is 72.6 cm³/mol. The first kappa shape index (κ1) is 10.4. The van der Waals surface area contributed by atoms with Crippen LogP contribution in [0.4, 0.5) is 5.69 Å². The summed E-state index contributed by atoms with van der Waals surface area (Å²) < 4.78 is 1.59. The molecule has 15 heavy (non-hydrogen) atoms. The van der Waals surface area contributed by atoms with Gasteiger partial charge in [0.2, 0.25) is 0 Å². The Kier molecular flexibility index (Phi) is 3.23. The Balaban J connectivity index is 2.42. The average Bonchev–Trinajstić information content (AvgIpc) is 2.30. The lowest BCUT2D eigenvalue weighted by Gasteiger charge is -2.10. The number of nitrogens with two attached hydrogens (primary N) is 1. The van der Waals surface area contributed by atoms with E-state index in [0.29, 0.717) is 0 Å². The molecule has 0 amide bonds. The van der Waals surface area contributed by atoms with Crippen LogP contribution >= 0.6 is 22.9 Å². The Morgan fingerprint density at radius 3 is 2.20 bits per heavy atom. The minimum Gasteiger partial charge on any atom is -0.251 e. The first-order valence-corrected chi connectivity index (χ1v) is 5.60. The molecular weight excluding hydrogens is 299 g/mol. The molecule has 76 valence electrons. The van der Waals surface area contributed by atoms with Crippen LogP contribution in [0.1, 0.15) is 0 Å². The van der Waals surface area contributed by atoms with Gasteiger partial charge in [0.15, 0.2) is 0 Å². The molecule has 0 aliphatic carbocycles. The van der Waals surface area contributed by atoms with Crippen molar-refractivity contribution in [1.82, 2.24) is 0 Å². The molecule has 0 heterocycles. The highest BCUT2D eigenvalue weighted by molar-refractivity contribution is 14.1. The lowest BCUT2D eigenvalue weighted by molar-refractivity contribution is 1.25. The molecule has 0 saturated heterocycles. The second-order valence-corrected chi connectivity index (χ2v) is 4.27. The molecule has 0 radical (unpaired) electrons. The fourth-order valence-electron chi connectivity index (χ4n) is 1.45. The third-order valence-corrected chi connectivity index (χ3v) is 2.76. The number of anilines is 1. The summed E-state index contributed by atoms with van der Waals surface area (Å²) in [6.45, 7) is 0. The van der Waals surface area contributed by atoms with Crippen LogP contribution in [0.15, 0.2) is 54.6 Å². The SMILES string of the molecule is NN(I)c1cccc(-c2ccccc2)c1. The third kappa shape index (κ3) is 2.49. The zero-order valence-corrected chi connectivity index (χ0v) is 10.3. The summed E-state index contributed by atoms with van der Waals surface area (Å²) in [6.07, 6.45) is 0. The molecule has 2 aromatic rings. The maximum absolute atomic E-state index is 5.68. The normalized spacial score (nSPS) is 10.0. The molecule has 0 fully saturated rings. The van der Waals surface area contributed by atoms with E-state index in [-0.39, 0.29) is 0 Å². The minimum atomic E-state index is 0.997. The molecule has 0 aliphatic heterocycles. The number of hydrogen-bond donors (Lipinski definition) is 1. The van der Waals surface area contributed by atoms with Gasteiger partial charge in [-0.15, -0.1) is 0 Å². The van der Waals surface area contributed by atoms with Gasteiger partial charge < -0.3 is 0 Å². The lowest BCUT2D eigenvalue weighted by Crippen LogP contribution is -2.17. The molecule has 0 spiro atoms. The molecule has 2 rings (SSSR count). The predicted octanol–water partition coefficient (Wildman–Crippen LogP) is 3.38. The maximum atomic E-state index is 5.68. The number of rotatable bonds is 2. The van der Waals surface area contributed by atoms with E-state index in [1.807, 2.05) is 30.3 Å². The van der Waals surface area contributed by atoms with E-state index in [1.165, 1.54) is 11.1 Å². The van der Waals surface area contributed by atoms with Gasteiger partial charge in [-0.2, -0.15) is 0 Å². The average molecular weight is 310 g/mol. The van der Waals surface area contributed by atoms with Crippen LogP contribution in [-0.4, -0.2) is 0 Å². The highest BCUT2D eigenvalue weighted by atomic mass is 127. The molecule has 2 nitrogen and oxygen atoms in total. The van der Waals surface area contributed by atoms with Crippen LogP contribution in [0.2, 0.25) is 0 Å². The summed E-state index contributed by atoms with van der Waals surface area (Å²) in [6, 6.07) is 18.4. The summed E-state index contributed by atoms with van der Waals surface area (Å²) in [7, 11) is 0. The van der Waals surface area contributed by atoms with Crippen molar-refractivity contribution in [2.24, 2.45) is 5.84 Å². The van der Waals surface area contributed by atoms with Crippen molar-refractivity contribution in [2.75, 3.05) is 3.22 Å². The van der Waals surface area contributed by atoms with Gasteiger partial charge in [0.05, 0.1) is 28.6 Å². The van der Waals surface area contributed by atoms with E-state index in [2.05, 4.69) is 47.1 Å². The van der Waals surface area contributed by atoms with Crippen LogP contribution in [0.5, 0.6) is 0 Å². The highest BCUT2D eigenvalue weighted by Crippen LogP contribution is 2.24. The van der Waals surface area contributed by atoms with E-state index < -0.39 is 0 Å². The van der Waals surface area contributed by atoms with Gasteiger partial charge in [0.1, 0.15) is 0 Å². The first-order chi connectivity index (χ1) is 7.27. The quantitative estimate of drug-likeness (QED) is 0.399. The summed E-state index contributed by atoms with van der Waals surface area (Å²) in [5.74, 6) is 5.68. The molecule has 2 N–H and O–H groups in total. The molecular formula is C12H11IN2. The number of hydrogen-bond acceptors (Lipinski definition) is 2. The number of hydrazine groups is 1. The van der Waals surface area contributed by atoms with Crippen molar-refractivity contribution in [1.29, 1.82) is 0 Å². The van der Waals surface area contributed by atoms with Crippen molar-refractivity contribution in [3.05, 3.63) is 54.6 Å². The molecule has 0 aromatic heterocycles. The van der Waals surface area contributed by atoms with Gasteiger partial charge in [-0.3, -0.25) is 3.22 Å². The Morgan fingerprint density at radius 2 is 1.53 bits per heavy atom. The smallest absolute Gasteiger partial charge is 0.0765 e. The van der Waals surface area contributed by atoms with Crippen molar-refractivity contribution in [3.63, 3.8) is 0 Å². The van der Waals surface area contributed by atoms with Gasteiger partial charge in [-0.25, -0.2) is 5.84 Å². The van der Waals surface area contributed by atoms with Gasteiger partial charge in [-0.1, -0.05) is 42.5 Å². The largest absolute Gasteiger partial charge is 0.251 e. The Morgan fingerprint density at radius 1 is 0.867 bits per heavy atom. The first-order valence-electron chi connectivity index (χ1n) is 4.63. The monoisotopic (exact) mass is 310 g/mol. The van der Waals surface area contributed by atoms with Crippen molar-refractivity contribution >= 4 is 28.6 Å². The molecule has 2 aromatic carbocycles. The molecule has 0 bridgehead atoms. The lowest BCUT2D eigenvalue weighted by atomic mass is 10.1. The van der Waals surface area contributed by atoms with Gasteiger partial charge in [0, 0.05) is 0 Å². The molecule has 0 atom stereocenters. The highest BCUT2D eigenvalue weighted by Gasteiger charge is 2.00. The van der Waals surface area contributed by atoms with E-state index >= 15 is 0 Å². The Labute approximate surface area is 103 Å². The van der Waals surface area contributed by atoms with E-state index in [9.17, 15) is 0 Å². The summed E-state index contributed by atoms with van der Waals surface area (Å²) in [4.78, 5) is 0. The topological polar surface area (TPSA) is 29.3 Å². The van der Waals surface area contributed by atoms with Crippen LogP contribution in [0.3, 0.4) is 0 Å². The van der Waals surface area contributed by atoms with Crippen LogP contribution < -0.4 is 9.06 Å². The Hall–Kier alpha value is -1.07. The zero-order chi connectivity index (χ0) is 10.7. The van der Waals surface area contributed by atoms with Crippen LogP contribution in [0, 0.1) is 0 Å². The molecule has 0 unspecified atom stereocenters. The summed E-state index contributed by atoms with van der Waals surface area (Å²) in [5, 5.41) is 0. The summed E-state index contributed by atoms with van der Waals surface area (Å²) in [5.41, 5.74) is 3.38. The number of nitrogens with zero attached hydrogens (tertiary/aromatic N) is 1. The van der Waals surface area contributed by atoms with Gasteiger partial charge in [-0.05, 0) is 23.3 Å². The van der Waals surface area contributed by atoms with Crippen molar-refractivity contribution in [2.45, 2.75) is 0 Å². The van der Waals surface area contributed by atoms with E-state index in [0.717, 1.165) is 5.69 Å². The van der Waals surface area contributed by atoms with Crippen molar-refractivity contribution < 1.29 is 0 Å². The number of halogens is 1.